The molecule has 2 aromatic rings. The minimum absolute atomic E-state index is 0.0525. The lowest BCUT2D eigenvalue weighted by Gasteiger charge is -2.12. The van der Waals surface area contributed by atoms with Gasteiger partial charge in [0.05, 0.1) is 5.56 Å². The molecule has 0 aliphatic rings. The molecule has 1 aromatic heterocycles. The Morgan fingerprint density at radius 2 is 1.88 bits per heavy atom. The van der Waals surface area contributed by atoms with Crippen LogP contribution in [0.2, 0.25) is 0 Å². The van der Waals surface area contributed by atoms with Crippen molar-refractivity contribution in [2.75, 3.05) is 0 Å². The first-order valence-corrected chi connectivity index (χ1v) is 5.46. The van der Waals surface area contributed by atoms with E-state index in [1.165, 1.54) is 25.2 Å². The summed E-state index contributed by atoms with van der Waals surface area (Å²) >= 11 is 3.14. The van der Waals surface area contributed by atoms with Gasteiger partial charge in [-0.3, -0.25) is 4.79 Å². The molecule has 2 nitrogen and oxygen atoms in total. The first-order valence-electron chi connectivity index (χ1n) is 4.67. The van der Waals surface area contributed by atoms with Gasteiger partial charge in [-0.15, -0.1) is 0 Å². The van der Waals surface area contributed by atoms with Crippen molar-refractivity contribution >= 4 is 26.7 Å². The molecule has 6 heteroatoms. The average Bonchev–Trinajstić information content (AvgIpc) is 2.22. The summed E-state index contributed by atoms with van der Waals surface area (Å²) in [6.45, 7) is 0. The Labute approximate surface area is 103 Å². The molecule has 90 valence electrons. The van der Waals surface area contributed by atoms with Gasteiger partial charge >= 0.3 is 6.18 Å². The van der Waals surface area contributed by atoms with Gasteiger partial charge in [-0.1, -0.05) is 22.0 Å². The quantitative estimate of drug-likeness (QED) is 0.732. The van der Waals surface area contributed by atoms with Crippen LogP contribution >= 0.6 is 15.9 Å². The third-order valence-corrected chi connectivity index (χ3v) is 2.94. The summed E-state index contributed by atoms with van der Waals surface area (Å²) in [5.74, 6) is 0. The molecular formula is C11H7BrF3NO. The fourth-order valence-corrected chi connectivity index (χ4v) is 2.03. The Morgan fingerprint density at radius 3 is 2.47 bits per heavy atom. The third kappa shape index (κ3) is 2.09. The van der Waals surface area contributed by atoms with Crippen molar-refractivity contribution in [3.8, 4) is 0 Å². The van der Waals surface area contributed by atoms with Gasteiger partial charge in [0.25, 0.3) is 5.56 Å². The van der Waals surface area contributed by atoms with Gasteiger partial charge in [-0.2, -0.15) is 13.2 Å². The zero-order valence-electron chi connectivity index (χ0n) is 8.68. The van der Waals surface area contributed by atoms with Crippen molar-refractivity contribution in [3.63, 3.8) is 0 Å². The second kappa shape index (κ2) is 3.87. The number of fused-ring (bicyclic) bond motifs is 1. The van der Waals surface area contributed by atoms with Gasteiger partial charge in [0.2, 0.25) is 0 Å². The van der Waals surface area contributed by atoms with Crippen LogP contribution in [0.5, 0.6) is 0 Å². The molecule has 0 aliphatic carbocycles. The first-order chi connectivity index (χ1) is 7.80. The Balaban J connectivity index is 2.97. The van der Waals surface area contributed by atoms with E-state index >= 15 is 0 Å². The van der Waals surface area contributed by atoms with Gasteiger partial charge in [-0.05, 0) is 12.1 Å². The topological polar surface area (TPSA) is 22.0 Å². The number of halogens is 4. The van der Waals surface area contributed by atoms with Crippen molar-refractivity contribution in [3.05, 3.63) is 44.8 Å². The summed E-state index contributed by atoms with van der Waals surface area (Å²) in [7, 11) is 1.30. The standard InChI is InChI=1S/C11H7BrF3NO/c1-16-5-9(11(13,14)15)7-3-2-6(12)4-8(7)10(16)17/h2-5H,1H3. The van der Waals surface area contributed by atoms with Crippen LogP contribution in [0.1, 0.15) is 5.56 Å². The largest absolute Gasteiger partial charge is 0.418 e. The smallest absolute Gasteiger partial charge is 0.317 e. The van der Waals surface area contributed by atoms with Crippen molar-refractivity contribution in [2.24, 2.45) is 7.05 Å². The van der Waals surface area contributed by atoms with E-state index in [0.717, 1.165) is 10.8 Å². The molecule has 2 rings (SSSR count). The highest BCUT2D eigenvalue weighted by Gasteiger charge is 2.33. The van der Waals surface area contributed by atoms with E-state index in [-0.39, 0.29) is 10.8 Å². The molecule has 0 aliphatic heterocycles. The normalized spacial score (nSPS) is 12.1. The lowest BCUT2D eigenvalue weighted by molar-refractivity contribution is -0.136. The molecule has 1 heterocycles. The van der Waals surface area contributed by atoms with Gasteiger partial charge in [0.15, 0.2) is 0 Å². The number of pyridine rings is 1. The molecule has 0 bridgehead atoms. The van der Waals surface area contributed by atoms with Crippen LogP contribution in [0.15, 0.2) is 33.7 Å². The van der Waals surface area contributed by atoms with Crippen LogP contribution in [-0.4, -0.2) is 4.57 Å². The zero-order chi connectivity index (χ0) is 12.8. The van der Waals surface area contributed by atoms with Gasteiger partial charge in [0, 0.05) is 28.5 Å². The minimum atomic E-state index is -4.47. The van der Waals surface area contributed by atoms with Crippen molar-refractivity contribution in [1.29, 1.82) is 0 Å². The highest BCUT2D eigenvalue weighted by Crippen LogP contribution is 2.34. The summed E-state index contributed by atoms with van der Waals surface area (Å²) in [6, 6.07) is 4.17. The monoisotopic (exact) mass is 305 g/mol. The van der Waals surface area contributed by atoms with Crippen molar-refractivity contribution in [1.82, 2.24) is 4.57 Å². The van der Waals surface area contributed by atoms with E-state index in [0.29, 0.717) is 4.47 Å². The molecule has 0 saturated carbocycles. The second-order valence-corrected chi connectivity index (χ2v) is 4.56. The van der Waals surface area contributed by atoms with Crippen LogP contribution in [0.3, 0.4) is 0 Å². The Morgan fingerprint density at radius 1 is 1.24 bits per heavy atom. The van der Waals surface area contributed by atoms with E-state index in [1.54, 1.807) is 0 Å². The number of aromatic nitrogens is 1. The van der Waals surface area contributed by atoms with Crippen LogP contribution < -0.4 is 5.56 Å². The number of aryl methyl sites for hydroxylation is 1. The minimum Gasteiger partial charge on any atom is -0.317 e. The fourth-order valence-electron chi connectivity index (χ4n) is 1.67. The Hall–Kier alpha value is -1.30. The number of hydrogen-bond acceptors (Lipinski definition) is 1. The van der Waals surface area contributed by atoms with Gasteiger partial charge in [-0.25, -0.2) is 0 Å². The molecule has 0 spiro atoms. The van der Waals surface area contributed by atoms with E-state index in [1.807, 2.05) is 0 Å². The molecule has 0 radical (unpaired) electrons. The average molecular weight is 306 g/mol. The second-order valence-electron chi connectivity index (χ2n) is 3.65. The number of nitrogens with zero attached hydrogens (tertiary/aromatic N) is 1. The lowest BCUT2D eigenvalue weighted by Crippen LogP contribution is -2.20. The first kappa shape index (κ1) is 12.2. The van der Waals surface area contributed by atoms with Crippen LogP contribution in [0.4, 0.5) is 13.2 Å². The SMILES string of the molecule is Cn1cc(C(F)(F)F)c2ccc(Br)cc2c1=O. The molecule has 0 saturated heterocycles. The van der Waals surface area contributed by atoms with Crippen LogP contribution in [-0.2, 0) is 13.2 Å². The molecular weight excluding hydrogens is 299 g/mol. The highest BCUT2D eigenvalue weighted by atomic mass is 79.9. The molecule has 1 aromatic carbocycles. The highest BCUT2D eigenvalue weighted by molar-refractivity contribution is 9.10. The van der Waals surface area contributed by atoms with E-state index in [4.69, 9.17) is 0 Å². The zero-order valence-corrected chi connectivity index (χ0v) is 10.3. The maximum atomic E-state index is 12.8. The molecule has 0 fully saturated rings. The van der Waals surface area contributed by atoms with Crippen molar-refractivity contribution < 1.29 is 13.2 Å². The molecule has 17 heavy (non-hydrogen) atoms. The Kier molecular flexibility index (Phi) is 2.77. The summed E-state index contributed by atoms with van der Waals surface area (Å²) in [5, 5.41) is -0.0273. The molecule has 0 atom stereocenters. The molecule has 0 unspecified atom stereocenters. The summed E-state index contributed by atoms with van der Waals surface area (Å²) in [6.07, 6.45) is -3.66. The lowest BCUT2D eigenvalue weighted by atomic mass is 10.1. The predicted octanol–water partition coefficient (Wildman–Crippen LogP) is 3.32. The van der Waals surface area contributed by atoms with E-state index < -0.39 is 17.3 Å². The summed E-state index contributed by atoms with van der Waals surface area (Å²) in [5.41, 5.74) is -1.25. The van der Waals surface area contributed by atoms with Crippen molar-refractivity contribution in [2.45, 2.75) is 6.18 Å². The van der Waals surface area contributed by atoms with E-state index in [9.17, 15) is 18.0 Å². The third-order valence-electron chi connectivity index (χ3n) is 2.45. The Bertz CT molecular complexity index is 645. The summed E-state index contributed by atoms with van der Waals surface area (Å²) in [4.78, 5) is 11.7. The number of benzene rings is 1. The number of rotatable bonds is 0. The number of hydrogen-bond donors (Lipinski definition) is 0. The fraction of sp³-hybridized carbons (Fsp3) is 0.182. The maximum absolute atomic E-state index is 12.8. The maximum Gasteiger partial charge on any atom is 0.418 e. The van der Waals surface area contributed by atoms with Gasteiger partial charge in [0.1, 0.15) is 0 Å². The number of alkyl halides is 3. The molecule has 0 amide bonds. The van der Waals surface area contributed by atoms with Gasteiger partial charge < -0.3 is 4.57 Å². The summed E-state index contributed by atoms with van der Waals surface area (Å²) < 4.78 is 39.9. The van der Waals surface area contributed by atoms with Crippen LogP contribution in [0.25, 0.3) is 10.8 Å². The molecule has 0 N–H and O–H groups in total. The predicted molar refractivity (Wildman–Crippen MR) is 61.9 cm³/mol. The van der Waals surface area contributed by atoms with E-state index in [2.05, 4.69) is 15.9 Å². The van der Waals surface area contributed by atoms with Crippen LogP contribution in [0, 0.1) is 0 Å².